The minimum atomic E-state index is -0.624. The third-order valence-electron chi connectivity index (χ3n) is 2.91. The van der Waals surface area contributed by atoms with E-state index in [4.69, 9.17) is 5.73 Å². The van der Waals surface area contributed by atoms with E-state index in [9.17, 15) is 14.0 Å². The summed E-state index contributed by atoms with van der Waals surface area (Å²) in [4.78, 5) is 25.1. The molecule has 0 heterocycles. The lowest BCUT2D eigenvalue weighted by atomic mass is 10.1. The van der Waals surface area contributed by atoms with Crippen LogP contribution in [0.2, 0.25) is 0 Å². The van der Waals surface area contributed by atoms with Crippen LogP contribution in [0.15, 0.2) is 18.2 Å². The van der Waals surface area contributed by atoms with Gasteiger partial charge in [-0.15, -0.1) is 0 Å². The van der Waals surface area contributed by atoms with Crippen LogP contribution in [-0.4, -0.2) is 37.0 Å². The molecule has 1 aromatic rings. The van der Waals surface area contributed by atoms with Crippen LogP contribution >= 0.6 is 0 Å². The van der Waals surface area contributed by atoms with Crippen molar-refractivity contribution in [3.8, 4) is 0 Å². The van der Waals surface area contributed by atoms with Crippen LogP contribution in [0.3, 0.4) is 0 Å². The molecule has 0 saturated heterocycles. The number of ether oxygens (including phenoxy) is 1. The molecule has 1 aromatic carbocycles. The van der Waals surface area contributed by atoms with Gasteiger partial charge in [0, 0.05) is 18.8 Å². The van der Waals surface area contributed by atoms with Crippen LogP contribution in [0.1, 0.15) is 30.6 Å². The Morgan fingerprint density at radius 3 is 2.62 bits per heavy atom. The summed E-state index contributed by atoms with van der Waals surface area (Å²) in [6.45, 7) is 4.48. The number of benzene rings is 1. The zero-order valence-electron chi connectivity index (χ0n) is 12.6. The first-order valence-corrected chi connectivity index (χ1v) is 6.76. The Labute approximate surface area is 123 Å². The summed E-state index contributed by atoms with van der Waals surface area (Å²) in [5.41, 5.74) is 5.83. The van der Waals surface area contributed by atoms with Gasteiger partial charge in [-0.25, -0.2) is 4.39 Å². The van der Waals surface area contributed by atoms with Gasteiger partial charge in [0.15, 0.2) is 0 Å². The molecule has 21 heavy (non-hydrogen) atoms. The SMILES string of the molecule is COC(=O)CCN(CC(C)C)C(=O)c1cc(N)ccc1F. The van der Waals surface area contributed by atoms with Crippen LogP contribution in [-0.2, 0) is 9.53 Å². The summed E-state index contributed by atoms with van der Waals surface area (Å²) in [5.74, 6) is -1.32. The molecule has 5 nitrogen and oxygen atoms in total. The quantitative estimate of drug-likeness (QED) is 0.644. The molecule has 1 amide bonds. The Kier molecular flexibility index (Phi) is 6.14. The van der Waals surface area contributed by atoms with E-state index in [0.29, 0.717) is 12.2 Å². The number of nitrogen functional groups attached to an aromatic ring is 1. The highest BCUT2D eigenvalue weighted by Gasteiger charge is 2.21. The molecule has 1 rings (SSSR count). The van der Waals surface area contributed by atoms with Crippen LogP contribution < -0.4 is 5.73 Å². The van der Waals surface area contributed by atoms with Crippen molar-refractivity contribution in [1.82, 2.24) is 4.90 Å². The number of hydrogen-bond donors (Lipinski definition) is 1. The first-order chi connectivity index (χ1) is 9.85. The minimum absolute atomic E-state index is 0.0683. The fourth-order valence-corrected chi connectivity index (χ4v) is 1.92. The van der Waals surface area contributed by atoms with E-state index >= 15 is 0 Å². The topological polar surface area (TPSA) is 72.6 Å². The molecule has 0 radical (unpaired) electrons. The van der Waals surface area contributed by atoms with Crippen molar-refractivity contribution in [3.63, 3.8) is 0 Å². The Hall–Kier alpha value is -2.11. The van der Waals surface area contributed by atoms with Crippen molar-refractivity contribution in [2.24, 2.45) is 5.92 Å². The zero-order chi connectivity index (χ0) is 16.0. The highest BCUT2D eigenvalue weighted by Crippen LogP contribution is 2.16. The van der Waals surface area contributed by atoms with Gasteiger partial charge in [0.1, 0.15) is 5.82 Å². The van der Waals surface area contributed by atoms with Gasteiger partial charge in [0.05, 0.1) is 19.1 Å². The lowest BCUT2D eigenvalue weighted by Crippen LogP contribution is -2.36. The molecule has 6 heteroatoms. The summed E-state index contributed by atoms with van der Waals surface area (Å²) in [5, 5.41) is 0. The average Bonchev–Trinajstić information content (AvgIpc) is 2.44. The van der Waals surface area contributed by atoms with E-state index in [2.05, 4.69) is 4.74 Å². The van der Waals surface area contributed by atoms with Gasteiger partial charge in [0.25, 0.3) is 5.91 Å². The van der Waals surface area contributed by atoms with Crippen molar-refractivity contribution in [2.45, 2.75) is 20.3 Å². The molecule has 0 aliphatic rings. The number of anilines is 1. The van der Waals surface area contributed by atoms with Gasteiger partial charge in [-0.3, -0.25) is 9.59 Å². The number of hydrogen-bond acceptors (Lipinski definition) is 4. The predicted octanol–water partition coefficient (Wildman–Crippen LogP) is 2.07. The maximum Gasteiger partial charge on any atom is 0.307 e. The van der Waals surface area contributed by atoms with E-state index in [-0.39, 0.29) is 24.4 Å². The average molecular weight is 296 g/mol. The number of carbonyl (C=O) groups is 2. The molecule has 0 aliphatic heterocycles. The number of nitrogens with two attached hydrogens (primary N) is 1. The first kappa shape index (κ1) is 16.9. The molecular weight excluding hydrogens is 275 g/mol. The standard InChI is InChI=1S/C15H21FN2O3/c1-10(2)9-18(7-6-14(19)21-3)15(20)12-8-11(17)4-5-13(12)16/h4-5,8,10H,6-7,9,17H2,1-3H3. The maximum atomic E-state index is 13.8. The number of methoxy groups -OCH3 is 1. The molecule has 0 saturated carbocycles. The molecule has 0 atom stereocenters. The molecule has 2 N–H and O–H groups in total. The van der Waals surface area contributed by atoms with Gasteiger partial charge < -0.3 is 15.4 Å². The Balaban J connectivity index is 2.93. The predicted molar refractivity (Wildman–Crippen MR) is 78.2 cm³/mol. The molecular formula is C15H21FN2O3. The van der Waals surface area contributed by atoms with Gasteiger partial charge in [-0.1, -0.05) is 13.8 Å². The summed E-state index contributed by atoms with van der Waals surface area (Å²) < 4.78 is 18.4. The van der Waals surface area contributed by atoms with Crippen LogP contribution in [0, 0.1) is 11.7 Å². The van der Waals surface area contributed by atoms with Gasteiger partial charge in [0.2, 0.25) is 0 Å². The number of esters is 1. The second-order valence-corrected chi connectivity index (χ2v) is 5.21. The summed E-state index contributed by atoms with van der Waals surface area (Å²) in [7, 11) is 1.29. The summed E-state index contributed by atoms with van der Waals surface area (Å²) in [6, 6.07) is 3.87. The molecule has 0 spiro atoms. The van der Waals surface area contributed by atoms with Crippen molar-refractivity contribution in [2.75, 3.05) is 25.9 Å². The van der Waals surface area contributed by atoms with Crippen molar-refractivity contribution in [3.05, 3.63) is 29.6 Å². The van der Waals surface area contributed by atoms with E-state index < -0.39 is 17.7 Å². The molecule has 0 fully saturated rings. The van der Waals surface area contributed by atoms with Crippen molar-refractivity contribution in [1.29, 1.82) is 0 Å². The van der Waals surface area contributed by atoms with Crippen LogP contribution in [0.5, 0.6) is 0 Å². The number of halogens is 1. The third kappa shape index (κ3) is 5.06. The fraction of sp³-hybridized carbons (Fsp3) is 0.467. The van der Waals surface area contributed by atoms with Gasteiger partial charge in [-0.2, -0.15) is 0 Å². The number of amides is 1. The molecule has 0 unspecified atom stereocenters. The highest BCUT2D eigenvalue weighted by atomic mass is 19.1. The fourth-order valence-electron chi connectivity index (χ4n) is 1.92. The van der Waals surface area contributed by atoms with E-state index in [0.717, 1.165) is 6.07 Å². The second-order valence-electron chi connectivity index (χ2n) is 5.21. The number of carbonyl (C=O) groups excluding carboxylic acids is 2. The Morgan fingerprint density at radius 2 is 2.05 bits per heavy atom. The molecule has 0 bridgehead atoms. The van der Waals surface area contributed by atoms with Crippen molar-refractivity contribution >= 4 is 17.6 Å². The first-order valence-electron chi connectivity index (χ1n) is 6.76. The maximum absolute atomic E-state index is 13.8. The minimum Gasteiger partial charge on any atom is -0.469 e. The normalized spacial score (nSPS) is 10.5. The lowest BCUT2D eigenvalue weighted by molar-refractivity contribution is -0.140. The van der Waals surface area contributed by atoms with Crippen molar-refractivity contribution < 1.29 is 18.7 Å². The largest absolute Gasteiger partial charge is 0.469 e. The monoisotopic (exact) mass is 296 g/mol. The highest BCUT2D eigenvalue weighted by molar-refractivity contribution is 5.95. The van der Waals surface area contributed by atoms with E-state index in [1.54, 1.807) is 0 Å². The van der Waals surface area contributed by atoms with Crippen LogP contribution in [0.4, 0.5) is 10.1 Å². The third-order valence-corrected chi connectivity index (χ3v) is 2.91. The summed E-state index contributed by atoms with van der Waals surface area (Å²) >= 11 is 0. The molecule has 0 aromatic heterocycles. The second kappa shape index (κ2) is 7.61. The van der Waals surface area contributed by atoms with E-state index in [1.807, 2.05) is 13.8 Å². The van der Waals surface area contributed by atoms with Gasteiger partial charge >= 0.3 is 5.97 Å². The molecule has 0 aliphatic carbocycles. The zero-order valence-corrected chi connectivity index (χ0v) is 12.6. The van der Waals surface area contributed by atoms with Crippen LogP contribution in [0.25, 0.3) is 0 Å². The van der Waals surface area contributed by atoms with E-state index in [1.165, 1.54) is 24.1 Å². The number of rotatable bonds is 6. The lowest BCUT2D eigenvalue weighted by Gasteiger charge is -2.24. The summed E-state index contributed by atoms with van der Waals surface area (Å²) in [6.07, 6.45) is 0.0683. The Morgan fingerprint density at radius 1 is 1.38 bits per heavy atom. The smallest absolute Gasteiger partial charge is 0.307 e. The number of nitrogens with zero attached hydrogens (tertiary/aromatic N) is 1. The molecule has 116 valence electrons. The Bertz CT molecular complexity index is 518. The van der Waals surface area contributed by atoms with Gasteiger partial charge in [-0.05, 0) is 24.1 Å².